The Bertz CT molecular complexity index is 1040. The summed E-state index contributed by atoms with van der Waals surface area (Å²) in [6, 6.07) is 0. The van der Waals surface area contributed by atoms with Crippen LogP contribution >= 0.6 is 0 Å². The van der Waals surface area contributed by atoms with Crippen molar-refractivity contribution in [1.82, 2.24) is 0 Å². The fourth-order valence-corrected chi connectivity index (χ4v) is 12.4. The van der Waals surface area contributed by atoms with Gasteiger partial charge >= 0.3 is 0 Å². The Morgan fingerprint density at radius 1 is 0.519 bits per heavy atom. The first-order chi connectivity index (χ1) is 25.5. The fraction of sp³-hybridized carbons (Fsp3) is 0.926. The second-order valence-corrected chi connectivity index (χ2v) is 21.5. The molecule has 0 heterocycles. The SMILES string of the molecule is CCCC(C)CC(C)C(C)C(C)C#CC(C)C(C(C)C(C)C)C(C(C)CCC(C1CC=CCC1)C(C(C)C)C(C)C(C)CC(C)CC)C1CCCCCC1. The molecule has 0 nitrogen and oxygen atoms in total. The zero-order valence-electron chi connectivity index (χ0n) is 39.9. The molecule has 54 heavy (non-hydrogen) atoms. The van der Waals surface area contributed by atoms with Crippen LogP contribution in [0.5, 0.6) is 0 Å². The van der Waals surface area contributed by atoms with Crippen molar-refractivity contribution in [3.05, 3.63) is 12.2 Å². The van der Waals surface area contributed by atoms with Crippen LogP contribution in [-0.4, -0.2) is 0 Å². The zero-order chi connectivity index (χ0) is 40.5. The number of hydrogen-bond donors (Lipinski definition) is 0. The first-order valence-electron chi connectivity index (χ1n) is 24.7. The van der Waals surface area contributed by atoms with Gasteiger partial charge in [-0.15, -0.1) is 0 Å². The topological polar surface area (TPSA) is 0 Å². The predicted octanol–water partition coefficient (Wildman–Crippen LogP) is 17.2. The van der Waals surface area contributed by atoms with Crippen molar-refractivity contribution in [2.45, 2.75) is 214 Å². The molecule has 0 amide bonds. The Kier molecular flexibility index (Phi) is 23.5. The van der Waals surface area contributed by atoms with Crippen LogP contribution in [0.4, 0.5) is 0 Å². The summed E-state index contributed by atoms with van der Waals surface area (Å²) in [6.07, 6.45) is 27.3. The molecule has 0 bridgehead atoms. The quantitative estimate of drug-likeness (QED) is 0.0554. The molecule has 0 aromatic carbocycles. The van der Waals surface area contributed by atoms with E-state index in [0.29, 0.717) is 35.5 Å². The first kappa shape index (κ1) is 49.4. The maximum atomic E-state index is 4.06. The molecule has 0 radical (unpaired) electrons. The van der Waals surface area contributed by atoms with Gasteiger partial charge in [-0.1, -0.05) is 199 Å². The highest BCUT2D eigenvalue weighted by Gasteiger charge is 2.42. The summed E-state index contributed by atoms with van der Waals surface area (Å²) in [6.45, 7) is 40.5. The van der Waals surface area contributed by atoms with Gasteiger partial charge in [0.05, 0.1) is 0 Å². The molecule has 0 N–H and O–H groups in total. The first-order valence-corrected chi connectivity index (χ1v) is 24.7. The van der Waals surface area contributed by atoms with Crippen molar-refractivity contribution in [1.29, 1.82) is 0 Å². The number of allylic oxidation sites excluding steroid dienone is 2. The number of rotatable bonds is 23. The minimum Gasteiger partial charge on any atom is -0.0996 e. The lowest BCUT2D eigenvalue weighted by atomic mass is 9.59. The van der Waals surface area contributed by atoms with E-state index < -0.39 is 0 Å². The van der Waals surface area contributed by atoms with Crippen molar-refractivity contribution in [3.8, 4) is 11.8 Å². The van der Waals surface area contributed by atoms with Crippen LogP contribution in [0, 0.1) is 118 Å². The Morgan fingerprint density at radius 3 is 1.65 bits per heavy atom. The average molecular weight is 749 g/mol. The smallest absolute Gasteiger partial charge is 0.0208 e. The lowest BCUT2D eigenvalue weighted by Crippen LogP contribution is -2.39. The van der Waals surface area contributed by atoms with Crippen LogP contribution in [0.15, 0.2) is 12.2 Å². The van der Waals surface area contributed by atoms with Gasteiger partial charge in [0, 0.05) is 11.8 Å². The largest absolute Gasteiger partial charge is 0.0996 e. The maximum Gasteiger partial charge on any atom is 0.0208 e. The summed E-state index contributed by atoms with van der Waals surface area (Å²) in [5.74, 6) is 21.3. The molecule has 1 saturated carbocycles. The highest BCUT2D eigenvalue weighted by atomic mass is 14.5. The molecule has 2 aliphatic rings. The van der Waals surface area contributed by atoms with Crippen LogP contribution in [0.25, 0.3) is 0 Å². The van der Waals surface area contributed by atoms with Gasteiger partial charge in [0.1, 0.15) is 0 Å². The summed E-state index contributed by atoms with van der Waals surface area (Å²) < 4.78 is 0. The van der Waals surface area contributed by atoms with Gasteiger partial charge in [0.25, 0.3) is 0 Å². The second-order valence-electron chi connectivity index (χ2n) is 21.5. The van der Waals surface area contributed by atoms with E-state index in [-0.39, 0.29) is 0 Å². The molecule has 0 aromatic heterocycles. The molecule has 15 unspecified atom stereocenters. The molecule has 2 aliphatic carbocycles. The van der Waals surface area contributed by atoms with Crippen LogP contribution in [0.3, 0.4) is 0 Å². The van der Waals surface area contributed by atoms with Crippen LogP contribution in [0.2, 0.25) is 0 Å². The fourth-order valence-electron chi connectivity index (χ4n) is 12.4. The molecule has 2 rings (SSSR count). The maximum absolute atomic E-state index is 4.06. The van der Waals surface area contributed by atoms with Crippen molar-refractivity contribution < 1.29 is 0 Å². The monoisotopic (exact) mass is 749 g/mol. The second kappa shape index (κ2) is 25.6. The highest BCUT2D eigenvalue weighted by Crippen LogP contribution is 2.49. The van der Waals surface area contributed by atoms with Gasteiger partial charge < -0.3 is 0 Å². The normalized spacial score (nSPS) is 25.2. The molecule has 316 valence electrons. The molecule has 0 heteroatoms. The van der Waals surface area contributed by atoms with Crippen molar-refractivity contribution >= 4 is 0 Å². The minimum atomic E-state index is 0.450. The van der Waals surface area contributed by atoms with Gasteiger partial charge in [-0.05, 0) is 133 Å². The Labute approximate surface area is 342 Å². The van der Waals surface area contributed by atoms with E-state index in [1.807, 2.05) is 0 Å². The molecule has 0 spiro atoms. The molecule has 0 aromatic rings. The summed E-state index contributed by atoms with van der Waals surface area (Å²) in [4.78, 5) is 0. The van der Waals surface area contributed by atoms with Crippen LogP contribution in [0.1, 0.15) is 214 Å². The third-order valence-corrected chi connectivity index (χ3v) is 16.7. The van der Waals surface area contributed by atoms with Crippen LogP contribution in [-0.2, 0) is 0 Å². The molecule has 0 aliphatic heterocycles. The predicted molar refractivity (Wildman–Crippen MR) is 244 cm³/mol. The van der Waals surface area contributed by atoms with Crippen LogP contribution < -0.4 is 0 Å². The van der Waals surface area contributed by atoms with Gasteiger partial charge in [-0.25, -0.2) is 0 Å². The van der Waals surface area contributed by atoms with Crippen molar-refractivity contribution in [3.63, 3.8) is 0 Å². The van der Waals surface area contributed by atoms with Gasteiger partial charge in [-0.2, -0.15) is 0 Å². The van der Waals surface area contributed by atoms with Crippen molar-refractivity contribution in [2.75, 3.05) is 0 Å². The molecule has 1 fully saturated rings. The van der Waals surface area contributed by atoms with E-state index in [1.165, 1.54) is 103 Å². The van der Waals surface area contributed by atoms with E-state index in [1.54, 1.807) is 0 Å². The van der Waals surface area contributed by atoms with E-state index in [2.05, 4.69) is 135 Å². The summed E-state index contributed by atoms with van der Waals surface area (Å²) in [5.41, 5.74) is 0. The Morgan fingerprint density at radius 2 is 1.11 bits per heavy atom. The van der Waals surface area contributed by atoms with Gasteiger partial charge in [0.2, 0.25) is 0 Å². The Balaban J connectivity index is 2.49. The van der Waals surface area contributed by atoms with E-state index in [9.17, 15) is 0 Å². The standard InChI is InChI=1S/C54H100/c1-17-26-40(8)36-44(12)47(15)41(9)31-32-42(10)53(46(14)37(3)4)54(50-29-22-19-20-23-30-50)43(11)33-34-51(49-27-24-21-25-28-49)52(38(5)6)48(16)45(13)35-39(7)18-2/h21,24,37-54H,17-20,22-23,25-30,33-36H2,1-16H3. The lowest BCUT2D eigenvalue weighted by Gasteiger charge is -2.46. The molecular weight excluding hydrogens is 649 g/mol. The van der Waals surface area contributed by atoms with Gasteiger partial charge in [0.15, 0.2) is 0 Å². The Hall–Kier alpha value is -0.700. The van der Waals surface area contributed by atoms with Crippen molar-refractivity contribution in [2.24, 2.45) is 107 Å². The highest BCUT2D eigenvalue weighted by molar-refractivity contribution is 5.10. The summed E-state index contributed by atoms with van der Waals surface area (Å²) in [5, 5.41) is 0. The minimum absolute atomic E-state index is 0.450. The van der Waals surface area contributed by atoms with E-state index in [0.717, 1.165) is 71.0 Å². The zero-order valence-corrected chi connectivity index (χ0v) is 39.9. The van der Waals surface area contributed by atoms with Gasteiger partial charge in [-0.3, -0.25) is 0 Å². The molecule has 0 saturated heterocycles. The third-order valence-electron chi connectivity index (χ3n) is 16.7. The summed E-state index contributed by atoms with van der Waals surface area (Å²) >= 11 is 0. The van der Waals surface area contributed by atoms with E-state index >= 15 is 0 Å². The molecular formula is C54H100. The summed E-state index contributed by atoms with van der Waals surface area (Å²) in [7, 11) is 0. The average Bonchev–Trinajstić information content (AvgIpc) is 3.42. The van der Waals surface area contributed by atoms with E-state index in [4.69, 9.17) is 0 Å². The number of hydrogen-bond acceptors (Lipinski definition) is 0. The molecule has 15 atom stereocenters. The third kappa shape index (κ3) is 15.6. The lowest BCUT2D eigenvalue weighted by molar-refractivity contribution is 0.0375.